The molecule has 2 N–H and O–H groups in total. The molecule has 0 atom stereocenters. The lowest BCUT2D eigenvalue weighted by Gasteiger charge is -2.20. The lowest BCUT2D eigenvalue weighted by Crippen LogP contribution is -2.26. The van der Waals surface area contributed by atoms with E-state index in [1.807, 2.05) is 70.4 Å². The second kappa shape index (κ2) is 7.98. The molecular weight excluding hydrogens is 378 g/mol. The summed E-state index contributed by atoms with van der Waals surface area (Å²) in [4.78, 5) is 19.4. The van der Waals surface area contributed by atoms with Crippen LogP contribution in [0, 0.1) is 6.92 Å². The summed E-state index contributed by atoms with van der Waals surface area (Å²) >= 11 is 0. The molecule has 0 amide bonds. The molecule has 0 spiro atoms. The molecule has 4 aromatic rings. The van der Waals surface area contributed by atoms with Crippen LogP contribution in [0.3, 0.4) is 0 Å². The zero-order chi connectivity index (χ0) is 21.3. The molecule has 8 heteroatoms. The number of aromatic nitrogens is 5. The first-order valence-corrected chi connectivity index (χ1v) is 9.88. The maximum Gasteiger partial charge on any atom is 0.275 e. The highest BCUT2D eigenvalue weighted by atomic mass is 16.1. The Hall–Kier alpha value is -3.68. The van der Waals surface area contributed by atoms with E-state index in [1.54, 1.807) is 6.20 Å². The first-order valence-electron chi connectivity index (χ1n) is 9.88. The predicted octanol–water partition coefficient (Wildman–Crippen LogP) is 3.78. The Balaban J connectivity index is 1.78. The number of aromatic amines is 1. The minimum Gasteiger partial charge on any atom is -0.370 e. The quantitative estimate of drug-likeness (QED) is 0.509. The minimum absolute atomic E-state index is 0.0693. The first kappa shape index (κ1) is 19.6. The fourth-order valence-electron chi connectivity index (χ4n) is 3.39. The monoisotopic (exact) mass is 403 g/mol. The second-order valence-electron chi connectivity index (χ2n) is 7.70. The molecule has 0 aliphatic carbocycles. The number of fused-ring (bicyclic) bond motifs is 1. The van der Waals surface area contributed by atoms with E-state index in [2.05, 4.69) is 30.5 Å². The van der Waals surface area contributed by atoms with Crippen LogP contribution in [0.4, 0.5) is 17.3 Å². The lowest BCUT2D eigenvalue weighted by atomic mass is 10.1. The highest BCUT2D eigenvalue weighted by molar-refractivity contribution is 5.94. The van der Waals surface area contributed by atoms with Crippen LogP contribution in [-0.2, 0) is 6.54 Å². The van der Waals surface area contributed by atoms with E-state index in [-0.39, 0.29) is 11.6 Å². The Labute approximate surface area is 174 Å². The van der Waals surface area contributed by atoms with Crippen molar-refractivity contribution in [1.82, 2.24) is 25.0 Å². The van der Waals surface area contributed by atoms with Crippen molar-refractivity contribution in [2.24, 2.45) is 0 Å². The molecule has 0 aliphatic rings. The maximum absolute atomic E-state index is 13.1. The van der Waals surface area contributed by atoms with Crippen molar-refractivity contribution < 1.29 is 0 Å². The summed E-state index contributed by atoms with van der Waals surface area (Å²) in [5.41, 5.74) is 2.89. The van der Waals surface area contributed by atoms with Crippen LogP contribution in [0.5, 0.6) is 0 Å². The van der Waals surface area contributed by atoms with E-state index in [0.29, 0.717) is 23.6 Å². The van der Waals surface area contributed by atoms with E-state index in [0.717, 1.165) is 22.3 Å². The average Bonchev–Trinajstić information content (AvgIpc) is 3.15. The van der Waals surface area contributed by atoms with Crippen molar-refractivity contribution in [2.45, 2.75) is 33.4 Å². The van der Waals surface area contributed by atoms with Crippen LogP contribution in [0.1, 0.15) is 31.1 Å². The van der Waals surface area contributed by atoms with Crippen LogP contribution in [0.25, 0.3) is 10.8 Å². The number of H-pyrrole nitrogens is 1. The molecule has 30 heavy (non-hydrogen) atoms. The van der Waals surface area contributed by atoms with Crippen molar-refractivity contribution >= 4 is 28.1 Å². The van der Waals surface area contributed by atoms with E-state index in [9.17, 15) is 4.79 Å². The smallest absolute Gasteiger partial charge is 0.275 e. The van der Waals surface area contributed by atoms with Crippen molar-refractivity contribution in [3.63, 3.8) is 0 Å². The van der Waals surface area contributed by atoms with E-state index in [1.165, 1.54) is 4.68 Å². The molecule has 8 nitrogen and oxygen atoms in total. The number of aryl methyl sites for hydroxylation is 1. The molecule has 1 aromatic carbocycles. The third-order valence-electron chi connectivity index (χ3n) is 4.93. The molecule has 0 saturated carbocycles. The molecule has 0 bridgehead atoms. The first-order chi connectivity index (χ1) is 14.4. The third kappa shape index (κ3) is 3.89. The largest absolute Gasteiger partial charge is 0.370 e. The number of hydrogen-bond acceptors (Lipinski definition) is 6. The van der Waals surface area contributed by atoms with Crippen LogP contribution in [-0.4, -0.2) is 32.0 Å². The van der Waals surface area contributed by atoms with E-state index < -0.39 is 0 Å². The highest BCUT2D eigenvalue weighted by Gasteiger charge is 2.15. The van der Waals surface area contributed by atoms with E-state index in [4.69, 9.17) is 0 Å². The summed E-state index contributed by atoms with van der Waals surface area (Å²) in [5.74, 6) is 1.26. The third-order valence-corrected chi connectivity index (χ3v) is 4.93. The molecule has 0 aliphatic heterocycles. The van der Waals surface area contributed by atoms with Gasteiger partial charge in [0.25, 0.3) is 5.56 Å². The van der Waals surface area contributed by atoms with Crippen LogP contribution >= 0.6 is 0 Å². The number of nitrogens with one attached hydrogen (secondary N) is 2. The number of pyridine rings is 1. The normalized spacial score (nSPS) is 11.2. The molecule has 3 heterocycles. The summed E-state index contributed by atoms with van der Waals surface area (Å²) in [6.07, 6.45) is 3.61. The Morgan fingerprint density at radius 2 is 2.03 bits per heavy atom. The van der Waals surface area contributed by atoms with Gasteiger partial charge in [-0.25, -0.2) is 4.68 Å². The van der Waals surface area contributed by atoms with Crippen molar-refractivity contribution in [1.29, 1.82) is 0 Å². The Kier molecular flexibility index (Phi) is 5.22. The van der Waals surface area contributed by atoms with Gasteiger partial charge in [-0.15, -0.1) is 0 Å². The predicted molar refractivity (Wildman–Crippen MR) is 119 cm³/mol. The standard InChI is InChI=1S/C22H25N7O/c1-14(2)29-22(30)19-11-17(28(4)13-16-6-5-9-23-12-16)7-8-18(19)21(27-29)24-20-10-15(3)25-26-20/h5-12,14H,13H2,1-4H3,(H2,24,25,26,27). The topological polar surface area (TPSA) is 91.7 Å². The molecule has 4 rings (SSSR count). The van der Waals surface area contributed by atoms with E-state index >= 15 is 0 Å². The van der Waals surface area contributed by atoms with Gasteiger partial charge in [-0.1, -0.05) is 6.07 Å². The summed E-state index contributed by atoms with van der Waals surface area (Å²) < 4.78 is 1.51. The average molecular weight is 403 g/mol. The summed E-state index contributed by atoms with van der Waals surface area (Å²) in [7, 11) is 2.00. The van der Waals surface area contributed by atoms with Gasteiger partial charge in [-0.2, -0.15) is 10.2 Å². The number of rotatable bonds is 6. The molecule has 3 aromatic heterocycles. The summed E-state index contributed by atoms with van der Waals surface area (Å²) in [5, 5.41) is 16.3. The zero-order valence-electron chi connectivity index (χ0n) is 17.5. The Morgan fingerprint density at radius 3 is 2.70 bits per heavy atom. The van der Waals surface area contributed by atoms with Crippen LogP contribution in [0.15, 0.2) is 53.6 Å². The number of anilines is 3. The number of nitrogens with zero attached hydrogens (tertiary/aromatic N) is 5. The van der Waals surface area contributed by atoms with Crippen molar-refractivity contribution in [3.8, 4) is 0 Å². The van der Waals surface area contributed by atoms with Gasteiger partial charge in [0, 0.05) is 48.8 Å². The van der Waals surface area contributed by atoms with Gasteiger partial charge in [-0.3, -0.25) is 14.9 Å². The minimum atomic E-state index is -0.111. The van der Waals surface area contributed by atoms with Gasteiger partial charge in [0.1, 0.15) is 0 Å². The summed E-state index contributed by atoms with van der Waals surface area (Å²) in [6.45, 7) is 6.52. The fraction of sp³-hybridized carbons (Fsp3) is 0.273. The van der Waals surface area contributed by atoms with Crippen LogP contribution < -0.4 is 15.8 Å². The maximum atomic E-state index is 13.1. The molecule has 154 valence electrons. The van der Waals surface area contributed by atoms with Gasteiger partial charge in [0.15, 0.2) is 11.6 Å². The van der Waals surface area contributed by atoms with Crippen molar-refractivity contribution in [2.75, 3.05) is 17.3 Å². The van der Waals surface area contributed by atoms with Gasteiger partial charge in [-0.05, 0) is 50.6 Å². The van der Waals surface area contributed by atoms with Crippen LogP contribution in [0.2, 0.25) is 0 Å². The number of hydrogen-bond donors (Lipinski definition) is 2. The number of benzene rings is 1. The van der Waals surface area contributed by atoms with Gasteiger partial charge in [0.2, 0.25) is 0 Å². The molecule has 0 unspecified atom stereocenters. The van der Waals surface area contributed by atoms with Gasteiger partial charge < -0.3 is 10.2 Å². The molecular formula is C22H25N7O. The Morgan fingerprint density at radius 1 is 1.20 bits per heavy atom. The summed E-state index contributed by atoms with van der Waals surface area (Å²) in [6, 6.07) is 11.6. The van der Waals surface area contributed by atoms with Crippen molar-refractivity contribution in [3.05, 3.63) is 70.4 Å². The van der Waals surface area contributed by atoms with Gasteiger partial charge in [0.05, 0.1) is 11.4 Å². The van der Waals surface area contributed by atoms with Gasteiger partial charge >= 0.3 is 0 Å². The molecule has 0 saturated heterocycles. The second-order valence-corrected chi connectivity index (χ2v) is 7.70. The Bertz CT molecular complexity index is 1230. The zero-order valence-corrected chi connectivity index (χ0v) is 17.5. The molecule has 0 radical (unpaired) electrons. The lowest BCUT2D eigenvalue weighted by molar-refractivity contribution is 0.510. The SMILES string of the molecule is Cc1cc(Nc2nn(C(C)C)c(=O)c3cc(N(C)Cc4cccnc4)ccc23)n[nH]1. The highest BCUT2D eigenvalue weighted by Crippen LogP contribution is 2.27. The molecule has 0 fully saturated rings. The fourth-order valence-corrected chi connectivity index (χ4v) is 3.39.